The molecular weight excluding hydrogens is 132 g/mol. The van der Waals surface area contributed by atoms with Crippen molar-refractivity contribution in [2.24, 2.45) is 17.2 Å². The first-order valence-electron chi connectivity index (χ1n) is 10.5. The first-order valence-corrected chi connectivity index (χ1v) is 3.50. The van der Waals surface area contributed by atoms with Gasteiger partial charge in [-0.25, -0.2) is 0 Å². The number of hydrogen-bond acceptors (Lipinski definition) is 0. The Balaban J connectivity index is 3.18. The Morgan fingerprint density at radius 3 is 2.91 bits per heavy atom. The van der Waals surface area contributed by atoms with Crippen LogP contribution in [0.25, 0.3) is 0 Å². The van der Waals surface area contributed by atoms with Crippen LogP contribution in [0.3, 0.4) is 0 Å². The Morgan fingerprint density at radius 2 is 2.36 bits per heavy atom. The third kappa shape index (κ3) is 1.32. The maximum Gasteiger partial charge on any atom is 0.0303 e. The minimum absolute atomic E-state index is 0.956. The van der Waals surface area contributed by atoms with Gasteiger partial charge in [0, 0.05) is 19.2 Å². The highest BCUT2D eigenvalue weighted by Crippen LogP contribution is 2.56. The fraction of sp³-hybridized carbons (Fsp3) is 1.00. The lowest BCUT2D eigenvalue weighted by Gasteiger charge is -2.28. The summed E-state index contributed by atoms with van der Waals surface area (Å²) in [6.45, 7) is 1.91. The summed E-state index contributed by atoms with van der Waals surface area (Å²) in [7, 11) is 0. The lowest BCUT2D eigenvalue weighted by Crippen LogP contribution is -2.16. The monoisotopic (exact) mass is 166 g/mol. The molecule has 0 N–H and O–H groups in total. The Morgan fingerprint density at radius 1 is 1.73 bits per heavy atom. The minimum atomic E-state index is -3.61. The van der Waals surface area contributed by atoms with Gasteiger partial charge >= 0.3 is 0 Å². The first kappa shape index (κ1) is 1.63. The third-order valence-electron chi connectivity index (χ3n) is 1.50. The zero-order valence-electron chi connectivity index (χ0n) is 20.5. The van der Waals surface area contributed by atoms with Gasteiger partial charge in [0.2, 0.25) is 0 Å². The van der Waals surface area contributed by atoms with Crippen molar-refractivity contribution in [1.82, 2.24) is 0 Å². The fourth-order valence-electron chi connectivity index (χ4n) is 1.16. The van der Waals surface area contributed by atoms with Crippen LogP contribution in [0.2, 0.25) is 0 Å². The summed E-state index contributed by atoms with van der Waals surface area (Å²) in [5.74, 6) is -5.89. The highest BCUT2D eigenvalue weighted by Gasteiger charge is 2.44. The Kier molecular flexibility index (Phi) is 0.370. The van der Waals surface area contributed by atoms with Crippen molar-refractivity contribution in [3.05, 3.63) is 0 Å². The maximum atomic E-state index is 8.30. The topological polar surface area (TPSA) is 0 Å². The molecular formula is C11H20. The molecule has 0 unspecified atom stereocenters. The van der Waals surface area contributed by atoms with Crippen molar-refractivity contribution in [3.8, 4) is 0 Å². The van der Waals surface area contributed by atoms with E-state index in [9.17, 15) is 0 Å². The maximum absolute atomic E-state index is 8.30. The predicted octanol–water partition coefficient (Wildman–Crippen LogP) is 3.61. The lowest BCUT2D eigenvalue weighted by atomic mass is 9.77. The SMILES string of the molecule is [2H]C(C)(C)C([2H])([2H])C12C([2H])([2H])C([2H])([2H])C([2H])(C([2H])([2H])C1([2H])[2H])C2([2H])[2H]. The van der Waals surface area contributed by atoms with E-state index >= 15 is 0 Å². The third-order valence-corrected chi connectivity index (χ3v) is 1.50. The summed E-state index contributed by atoms with van der Waals surface area (Å²) in [4.78, 5) is 0. The van der Waals surface area contributed by atoms with Gasteiger partial charge in [-0.15, -0.1) is 0 Å². The van der Waals surface area contributed by atoms with E-state index in [1.807, 2.05) is 0 Å². The molecule has 0 heterocycles. The number of hydrogen-bond donors (Lipinski definition) is 0. The molecule has 0 amide bonds. The molecule has 2 rings (SSSR count). The summed E-state index contributed by atoms with van der Waals surface area (Å²) in [5, 5.41) is 0. The van der Waals surface area contributed by atoms with Gasteiger partial charge in [-0.05, 0) is 55.4 Å². The van der Waals surface area contributed by atoms with Crippen LogP contribution in [0, 0.1) is 17.2 Å². The lowest BCUT2D eigenvalue weighted by molar-refractivity contribution is 0.235. The van der Waals surface area contributed by atoms with Crippen LogP contribution >= 0.6 is 0 Å². The van der Waals surface area contributed by atoms with Crippen LogP contribution < -0.4 is 0 Å². The molecule has 2 saturated carbocycles. The highest BCUT2D eigenvalue weighted by molar-refractivity contribution is 4.95. The summed E-state index contributed by atoms with van der Waals surface area (Å²) < 4.78 is 114. The van der Waals surface area contributed by atoms with Crippen LogP contribution in [-0.2, 0) is 0 Å². The number of fused-ring (bicyclic) bond motifs is 2. The van der Waals surface area contributed by atoms with E-state index in [-0.39, 0.29) is 0 Å². The van der Waals surface area contributed by atoms with Crippen molar-refractivity contribution in [1.29, 1.82) is 0 Å². The van der Waals surface area contributed by atoms with Crippen LogP contribution in [0.5, 0.6) is 0 Å². The summed E-state index contributed by atoms with van der Waals surface area (Å²) in [6.07, 6.45) is -21.3. The Hall–Kier alpha value is 0. The van der Waals surface area contributed by atoms with Crippen LogP contribution in [-0.4, -0.2) is 0 Å². The van der Waals surface area contributed by atoms with E-state index in [0.29, 0.717) is 0 Å². The quantitative estimate of drug-likeness (QED) is 0.588. The van der Waals surface area contributed by atoms with Gasteiger partial charge < -0.3 is 0 Å². The molecule has 2 bridgehead atoms. The van der Waals surface area contributed by atoms with E-state index in [4.69, 9.17) is 19.2 Å². The van der Waals surface area contributed by atoms with Gasteiger partial charge in [0.25, 0.3) is 0 Å². The Labute approximate surface area is 90.0 Å². The van der Waals surface area contributed by atoms with Crippen molar-refractivity contribution in [2.75, 3.05) is 0 Å². The van der Waals surface area contributed by atoms with Crippen molar-refractivity contribution in [3.63, 3.8) is 0 Å². The van der Waals surface area contributed by atoms with Crippen LogP contribution in [0.4, 0.5) is 0 Å². The average molecular weight is 166 g/mol. The van der Waals surface area contributed by atoms with Crippen LogP contribution in [0.1, 0.15) is 71.3 Å². The molecule has 64 valence electrons. The van der Waals surface area contributed by atoms with Gasteiger partial charge in [-0.2, -0.15) is 0 Å². The molecule has 0 saturated heterocycles. The molecule has 0 radical (unpaired) electrons. The van der Waals surface area contributed by atoms with Crippen LogP contribution in [0.15, 0.2) is 0 Å². The molecule has 0 aromatic rings. The van der Waals surface area contributed by atoms with Gasteiger partial charge in [0.05, 0.1) is 0 Å². The van der Waals surface area contributed by atoms with E-state index < -0.39 is 55.4 Å². The molecule has 2 fully saturated rings. The second-order valence-electron chi connectivity index (χ2n) is 2.88. The molecule has 11 heavy (non-hydrogen) atoms. The summed E-state index contributed by atoms with van der Waals surface area (Å²) >= 11 is 0. The zero-order chi connectivity index (χ0) is 20.5. The molecule has 0 aromatic carbocycles. The molecule has 0 heteroatoms. The summed E-state index contributed by atoms with van der Waals surface area (Å²) in [5.41, 5.74) is -3.58. The first-order chi connectivity index (χ1) is 10.5. The summed E-state index contributed by atoms with van der Waals surface area (Å²) in [6, 6.07) is 0. The standard InChI is InChI=1S/C11H20/c1-9(2)7-11-5-3-10(8-11)4-6-11/h9-10H,3-8H2,1-2H3/i3D2,4D2,5D2,6D2,7D2,8D2,9D,10D. The Bertz CT molecular complexity index is 567. The van der Waals surface area contributed by atoms with E-state index in [1.54, 1.807) is 0 Å². The normalized spacial score (nSPS) is 92.9. The molecule has 2 aliphatic carbocycles. The molecule has 2 aliphatic rings. The van der Waals surface area contributed by atoms with E-state index in [1.165, 1.54) is 0 Å². The van der Waals surface area contributed by atoms with E-state index in [0.717, 1.165) is 13.8 Å². The fourth-order valence-corrected chi connectivity index (χ4v) is 1.16. The van der Waals surface area contributed by atoms with Gasteiger partial charge in [-0.3, -0.25) is 0 Å². The molecule has 0 nitrogen and oxygen atoms in total. The average Bonchev–Trinajstić information content (AvgIpc) is 2.45. The van der Waals surface area contributed by atoms with Crippen molar-refractivity contribution >= 4 is 0 Å². The van der Waals surface area contributed by atoms with Crippen molar-refractivity contribution in [2.45, 2.75) is 52.1 Å². The molecule has 0 atom stereocenters. The van der Waals surface area contributed by atoms with Gasteiger partial charge in [-0.1, -0.05) is 13.8 Å². The smallest absolute Gasteiger partial charge is 0.0303 e. The van der Waals surface area contributed by atoms with E-state index in [2.05, 4.69) is 0 Å². The second-order valence-corrected chi connectivity index (χ2v) is 2.88. The number of rotatable bonds is 2. The highest BCUT2D eigenvalue weighted by atomic mass is 14.5. The van der Waals surface area contributed by atoms with Gasteiger partial charge in [0.15, 0.2) is 0 Å². The largest absolute Gasteiger partial charge is 0.0628 e. The van der Waals surface area contributed by atoms with Gasteiger partial charge in [0.1, 0.15) is 0 Å². The zero-order valence-corrected chi connectivity index (χ0v) is 6.50. The molecule has 0 aromatic heterocycles. The minimum Gasteiger partial charge on any atom is -0.0628 e. The second kappa shape index (κ2) is 2.50. The van der Waals surface area contributed by atoms with Crippen molar-refractivity contribution < 1.29 is 19.2 Å². The predicted molar refractivity (Wildman–Crippen MR) is 48.5 cm³/mol. The molecule has 0 spiro atoms. The molecule has 0 aliphatic heterocycles.